The molecule has 0 heterocycles. The maximum atomic E-state index is 10.9. The first kappa shape index (κ1) is 10.2. The van der Waals surface area contributed by atoms with Gasteiger partial charge in [-0.2, -0.15) is 0 Å². The molecule has 2 N–H and O–H groups in total. The second-order valence-corrected chi connectivity index (χ2v) is 2.52. The van der Waals surface area contributed by atoms with Crippen molar-refractivity contribution in [3.05, 3.63) is 12.2 Å². The third-order valence-corrected chi connectivity index (χ3v) is 1.16. The molecule has 0 aliphatic carbocycles. The lowest BCUT2D eigenvalue weighted by atomic mass is 10.1. The lowest BCUT2D eigenvalue weighted by molar-refractivity contribution is -0.144. The lowest BCUT2D eigenvalue weighted by Gasteiger charge is -2.09. The minimum Gasteiger partial charge on any atom is -0.465 e. The second kappa shape index (κ2) is 4.91. The molecule has 0 spiro atoms. The Balaban J connectivity index is 3.73. The first-order chi connectivity index (χ1) is 5.07. The molecule has 0 bridgehead atoms. The number of nitrogens with two attached hydrogens (primary N) is 1. The summed E-state index contributed by atoms with van der Waals surface area (Å²) in [5.41, 5.74) is 6.36. The second-order valence-electron chi connectivity index (χ2n) is 2.52. The van der Waals surface area contributed by atoms with Crippen LogP contribution in [-0.4, -0.2) is 18.6 Å². The smallest absolute Gasteiger partial charge is 0.323 e. The molecule has 0 aromatic rings. The molecule has 1 atom stereocenters. The van der Waals surface area contributed by atoms with Crippen molar-refractivity contribution in [3.63, 3.8) is 0 Å². The molecule has 0 radical (unpaired) electrons. The zero-order valence-corrected chi connectivity index (χ0v) is 7.09. The summed E-state index contributed by atoms with van der Waals surface area (Å²) in [6, 6.07) is -0.549. The van der Waals surface area contributed by atoms with Gasteiger partial charge in [-0.25, -0.2) is 0 Å². The number of carbonyl (C=O) groups is 1. The Morgan fingerprint density at radius 2 is 2.27 bits per heavy atom. The summed E-state index contributed by atoms with van der Waals surface area (Å²) in [5.74, 6) is -0.351. The summed E-state index contributed by atoms with van der Waals surface area (Å²) in [6.45, 7) is 7.62. The molecule has 0 fully saturated rings. The van der Waals surface area contributed by atoms with Crippen LogP contribution >= 0.6 is 0 Å². The molecule has 64 valence electrons. The highest BCUT2D eigenvalue weighted by atomic mass is 16.5. The van der Waals surface area contributed by atoms with E-state index in [1.165, 1.54) is 0 Å². The van der Waals surface area contributed by atoms with Crippen molar-refractivity contribution in [1.29, 1.82) is 0 Å². The molecule has 0 aliphatic rings. The Labute approximate surface area is 67.2 Å². The molecule has 3 nitrogen and oxygen atoms in total. The first-order valence-electron chi connectivity index (χ1n) is 3.64. The van der Waals surface area contributed by atoms with E-state index in [9.17, 15) is 4.79 Å². The fraction of sp³-hybridized carbons (Fsp3) is 0.625. The van der Waals surface area contributed by atoms with E-state index < -0.39 is 6.04 Å². The van der Waals surface area contributed by atoms with Crippen molar-refractivity contribution in [2.24, 2.45) is 5.73 Å². The number of ether oxygens (including phenoxy) is 1. The van der Waals surface area contributed by atoms with Crippen LogP contribution in [0.15, 0.2) is 12.2 Å². The predicted octanol–water partition coefficient (Wildman–Crippen LogP) is 0.843. The monoisotopic (exact) mass is 157 g/mol. The Morgan fingerprint density at radius 3 is 2.64 bits per heavy atom. The number of hydrogen-bond donors (Lipinski definition) is 1. The van der Waals surface area contributed by atoms with E-state index in [-0.39, 0.29) is 5.97 Å². The number of rotatable bonds is 4. The van der Waals surface area contributed by atoms with Crippen molar-refractivity contribution in [3.8, 4) is 0 Å². The fourth-order valence-electron chi connectivity index (χ4n) is 0.708. The topological polar surface area (TPSA) is 52.3 Å². The van der Waals surface area contributed by atoms with Crippen LogP contribution in [0.2, 0.25) is 0 Å². The van der Waals surface area contributed by atoms with Crippen LogP contribution in [0.25, 0.3) is 0 Å². The lowest BCUT2D eigenvalue weighted by Crippen LogP contribution is -2.32. The van der Waals surface area contributed by atoms with Gasteiger partial charge in [0.05, 0.1) is 6.61 Å². The highest BCUT2D eigenvalue weighted by Crippen LogP contribution is 2.00. The van der Waals surface area contributed by atoms with Crippen LogP contribution in [0.3, 0.4) is 0 Å². The first-order valence-corrected chi connectivity index (χ1v) is 3.64. The van der Waals surface area contributed by atoms with Gasteiger partial charge in [0.2, 0.25) is 0 Å². The maximum absolute atomic E-state index is 10.9. The SMILES string of the molecule is C=C(C)CC(N)C(=O)OCC. The standard InChI is InChI=1S/C8H15NO2/c1-4-11-8(10)7(9)5-6(2)3/h7H,2,4-5,9H2,1,3H3. The molecule has 3 heteroatoms. The van der Waals surface area contributed by atoms with E-state index in [1.807, 2.05) is 6.92 Å². The summed E-state index contributed by atoms with van der Waals surface area (Å²) < 4.78 is 4.70. The summed E-state index contributed by atoms with van der Waals surface area (Å²) in [5, 5.41) is 0. The van der Waals surface area contributed by atoms with Crippen molar-refractivity contribution in [1.82, 2.24) is 0 Å². The van der Waals surface area contributed by atoms with Crippen LogP contribution in [0.4, 0.5) is 0 Å². The summed E-state index contributed by atoms with van der Waals surface area (Å²) in [4.78, 5) is 10.9. The van der Waals surface area contributed by atoms with Crippen molar-refractivity contribution < 1.29 is 9.53 Å². The molecule has 11 heavy (non-hydrogen) atoms. The maximum Gasteiger partial charge on any atom is 0.323 e. The van der Waals surface area contributed by atoms with Gasteiger partial charge in [0.15, 0.2) is 0 Å². The Kier molecular flexibility index (Phi) is 4.54. The fourth-order valence-corrected chi connectivity index (χ4v) is 0.708. The summed E-state index contributed by atoms with van der Waals surface area (Å²) >= 11 is 0. The molecule has 0 aliphatic heterocycles. The molecule has 0 aromatic carbocycles. The van der Waals surface area contributed by atoms with Gasteiger partial charge >= 0.3 is 5.97 Å². The minimum atomic E-state index is -0.549. The van der Waals surface area contributed by atoms with Gasteiger partial charge < -0.3 is 10.5 Å². The van der Waals surface area contributed by atoms with E-state index in [1.54, 1.807) is 6.92 Å². The average molecular weight is 157 g/mol. The highest BCUT2D eigenvalue weighted by molar-refractivity contribution is 5.75. The van der Waals surface area contributed by atoms with Crippen molar-refractivity contribution in [2.45, 2.75) is 26.3 Å². The zero-order chi connectivity index (χ0) is 8.85. The van der Waals surface area contributed by atoms with Crippen molar-refractivity contribution >= 4 is 5.97 Å². The van der Waals surface area contributed by atoms with E-state index in [0.717, 1.165) is 5.57 Å². The van der Waals surface area contributed by atoms with Gasteiger partial charge in [0, 0.05) is 0 Å². The quantitative estimate of drug-likeness (QED) is 0.486. The van der Waals surface area contributed by atoms with Crippen LogP contribution in [0.5, 0.6) is 0 Å². The Bertz CT molecular complexity index is 154. The van der Waals surface area contributed by atoms with E-state index in [4.69, 9.17) is 10.5 Å². The normalized spacial score (nSPS) is 12.3. The van der Waals surface area contributed by atoms with Gasteiger partial charge in [-0.3, -0.25) is 4.79 Å². The van der Waals surface area contributed by atoms with Gasteiger partial charge in [-0.05, 0) is 20.3 Å². The van der Waals surface area contributed by atoms with Crippen LogP contribution in [0, 0.1) is 0 Å². The van der Waals surface area contributed by atoms with Gasteiger partial charge in [0.1, 0.15) is 6.04 Å². The van der Waals surface area contributed by atoms with E-state index >= 15 is 0 Å². The third kappa shape index (κ3) is 4.56. The highest BCUT2D eigenvalue weighted by Gasteiger charge is 2.13. The molecule has 0 aromatic heterocycles. The summed E-state index contributed by atoms with van der Waals surface area (Å²) in [7, 11) is 0. The number of esters is 1. The van der Waals surface area contributed by atoms with Gasteiger partial charge in [-0.1, -0.05) is 5.57 Å². The van der Waals surface area contributed by atoms with Crippen LogP contribution < -0.4 is 5.73 Å². The Morgan fingerprint density at radius 1 is 1.73 bits per heavy atom. The van der Waals surface area contributed by atoms with Crippen LogP contribution in [0.1, 0.15) is 20.3 Å². The third-order valence-electron chi connectivity index (χ3n) is 1.16. The van der Waals surface area contributed by atoms with E-state index in [0.29, 0.717) is 13.0 Å². The van der Waals surface area contributed by atoms with E-state index in [2.05, 4.69) is 6.58 Å². The molecule has 0 saturated carbocycles. The molecule has 0 saturated heterocycles. The Hall–Kier alpha value is -0.830. The minimum absolute atomic E-state index is 0.351. The molecule has 0 amide bonds. The largest absolute Gasteiger partial charge is 0.465 e. The summed E-state index contributed by atoms with van der Waals surface area (Å²) in [6.07, 6.45) is 0.499. The van der Waals surface area contributed by atoms with Crippen LogP contribution in [-0.2, 0) is 9.53 Å². The molecular formula is C8H15NO2. The average Bonchev–Trinajstić information content (AvgIpc) is 1.86. The number of hydrogen-bond acceptors (Lipinski definition) is 3. The zero-order valence-electron chi connectivity index (χ0n) is 7.09. The van der Waals surface area contributed by atoms with Crippen molar-refractivity contribution in [2.75, 3.05) is 6.61 Å². The molecule has 0 rings (SSSR count). The predicted molar refractivity (Wildman–Crippen MR) is 44.0 cm³/mol. The van der Waals surface area contributed by atoms with Gasteiger partial charge in [-0.15, -0.1) is 6.58 Å². The van der Waals surface area contributed by atoms with Gasteiger partial charge in [0.25, 0.3) is 0 Å². The molecule has 1 unspecified atom stereocenters. The molecular weight excluding hydrogens is 142 g/mol. The number of carbonyl (C=O) groups excluding carboxylic acids is 1.